The summed E-state index contributed by atoms with van der Waals surface area (Å²) >= 11 is 0. The van der Waals surface area contributed by atoms with Gasteiger partial charge in [0.25, 0.3) is 0 Å². The minimum absolute atomic E-state index is 0.0832. The number of aliphatic carboxylic acids is 1. The van der Waals surface area contributed by atoms with Crippen molar-refractivity contribution in [3.8, 4) is 0 Å². The summed E-state index contributed by atoms with van der Waals surface area (Å²) in [5.74, 6) is -0.128. The molecule has 3 atom stereocenters. The molecule has 4 nitrogen and oxygen atoms in total. The first-order valence-electron chi connectivity index (χ1n) is 7.00. The minimum atomic E-state index is -0.808. The average Bonchev–Trinajstić information content (AvgIpc) is 2.62. The van der Waals surface area contributed by atoms with Crippen molar-refractivity contribution in [3.63, 3.8) is 0 Å². The van der Waals surface area contributed by atoms with Crippen LogP contribution in [0.25, 0.3) is 0 Å². The van der Waals surface area contributed by atoms with E-state index < -0.39 is 11.9 Å². The molecule has 2 fully saturated rings. The lowest BCUT2D eigenvalue weighted by molar-refractivity contribution is -0.156. The van der Waals surface area contributed by atoms with Crippen molar-refractivity contribution in [1.82, 2.24) is 4.90 Å². The number of hydrogen-bond acceptors (Lipinski definition) is 2. The molecule has 0 bridgehead atoms. The highest BCUT2D eigenvalue weighted by molar-refractivity contribution is 5.86. The molecule has 0 radical (unpaired) electrons. The molecular weight excluding hydrogens is 230 g/mol. The maximum Gasteiger partial charge on any atom is 0.307 e. The van der Waals surface area contributed by atoms with E-state index in [-0.39, 0.29) is 11.8 Å². The molecule has 0 aromatic rings. The Balaban J connectivity index is 1.86. The quantitative estimate of drug-likeness (QED) is 0.833. The number of hydrogen-bond donors (Lipinski definition) is 1. The average molecular weight is 253 g/mol. The van der Waals surface area contributed by atoms with Crippen LogP contribution in [0.1, 0.15) is 39.5 Å². The van der Waals surface area contributed by atoms with E-state index in [4.69, 9.17) is 5.11 Å². The Hall–Kier alpha value is -1.06. The lowest BCUT2D eigenvalue weighted by Crippen LogP contribution is -2.45. The van der Waals surface area contributed by atoms with Gasteiger partial charge < -0.3 is 10.0 Å². The molecule has 4 heteroatoms. The zero-order valence-corrected chi connectivity index (χ0v) is 11.3. The third kappa shape index (κ3) is 2.68. The van der Waals surface area contributed by atoms with Crippen LogP contribution in [0.15, 0.2) is 0 Å². The number of carbonyl (C=O) groups is 2. The van der Waals surface area contributed by atoms with Crippen LogP contribution in [0.5, 0.6) is 0 Å². The second-order valence-corrected chi connectivity index (χ2v) is 6.20. The molecule has 0 spiro atoms. The van der Waals surface area contributed by atoms with Gasteiger partial charge in [-0.15, -0.1) is 0 Å². The van der Waals surface area contributed by atoms with Gasteiger partial charge in [-0.05, 0) is 37.5 Å². The second kappa shape index (κ2) is 5.29. The van der Waals surface area contributed by atoms with Crippen LogP contribution >= 0.6 is 0 Å². The smallest absolute Gasteiger partial charge is 0.307 e. The summed E-state index contributed by atoms with van der Waals surface area (Å²) in [6, 6.07) is 0. The van der Waals surface area contributed by atoms with E-state index in [0.717, 1.165) is 32.4 Å². The highest BCUT2D eigenvalue weighted by Gasteiger charge is 2.44. The topological polar surface area (TPSA) is 57.6 Å². The van der Waals surface area contributed by atoms with E-state index in [1.165, 1.54) is 0 Å². The highest BCUT2D eigenvalue weighted by atomic mass is 16.4. The second-order valence-electron chi connectivity index (χ2n) is 6.20. The van der Waals surface area contributed by atoms with E-state index in [9.17, 15) is 9.59 Å². The predicted molar refractivity (Wildman–Crippen MR) is 68.0 cm³/mol. The molecule has 0 aromatic carbocycles. The molecule has 2 rings (SSSR count). The SMILES string of the molecule is CC(C)CC1CCN(C(=O)C2CCC2C(=O)O)C1. The number of rotatable bonds is 4. The Morgan fingerprint density at radius 3 is 2.39 bits per heavy atom. The number of amides is 1. The van der Waals surface area contributed by atoms with Crippen molar-refractivity contribution >= 4 is 11.9 Å². The zero-order chi connectivity index (χ0) is 13.3. The Kier molecular flexibility index (Phi) is 3.93. The van der Waals surface area contributed by atoms with Gasteiger partial charge in [0.2, 0.25) is 5.91 Å². The molecule has 0 aromatic heterocycles. The van der Waals surface area contributed by atoms with Crippen molar-refractivity contribution < 1.29 is 14.7 Å². The molecule has 102 valence electrons. The first-order valence-corrected chi connectivity index (χ1v) is 7.00. The van der Waals surface area contributed by atoms with Crippen LogP contribution in [-0.4, -0.2) is 35.0 Å². The van der Waals surface area contributed by atoms with E-state index in [1.54, 1.807) is 0 Å². The molecular formula is C14H23NO3. The predicted octanol–water partition coefficient (Wildman–Crippen LogP) is 1.99. The summed E-state index contributed by atoms with van der Waals surface area (Å²) < 4.78 is 0. The van der Waals surface area contributed by atoms with Gasteiger partial charge in [-0.3, -0.25) is 9.59 Å². The standard InChI is InChI=1S/C14H23NO3/c1-9(2)7-10-5-6-15(8-10)13(16)11-3-4-12(11)14(17)18/h9-12H,3-8H2,1-2H3,(H,17,18). The zero-order valence-electron chi connectivity index (χ0n) is 11.3. The fraction of sp³-hybridized carbons (Fsp3) is 0.857. The molecule has 1 aliphatic carbocycles. The Bertz CT molecular complexity index is 340. The molecule has 2 aliphatic rings. The molecule has 1 amide bonds. The first-order chi connectivity index (χ1) is 8.49. The highest BCUT2D eigenvalue weighted by Crippen LogP contribution is 2.37. The summed E-state index contributed by atoms with van der Waals surface area (Å²) in [5, 5.41) is 9.00. The van der Waals surface area contributed by atoms with Crippen LogP contribution in [-0.2, 0) is 9.59 Å². The van der Waals surface area contributed by atoms with Gasteiger partial charge in [-0.2, -0.15) is 0 Å². The van der Waals surface area contributed by atoms with Crippen molar-refractivity contribution in [3.05, 3.63) is 0 Å². The largest absolute Gasteiger partial charge is 0.481 e. The summed E-state index contributed by atoms with van der Waals surface area (Å²) in [6.45, 7) is 6.06. The van der Waals surface area contributed by atoms with Gasteiger partial charge in [-0.25, -0.2) is 0 Å². The van der Waals surface area contributed by atoms with Crippen LogP contribution in [0.4, 0.5) is 0 Å². The van der Waals surface area contributed by atoms with Crippen LogP contribution in [0, 0.1) is 23.7 Å². The summed E-state index contributed by atoms with van der Waals surface area (Å²) in [5.41, 5.74) is 0. The number of carboxylic acids is 1. The van der Waals surface area contributed by atoms with Crippen molar-refractivity contribution in [2.75, 3.05) is 13.1 Å². The Labute approximate surface area is 108 Å². The fourth-order valence-corrected chi connectivity index (χ4v) is 3.22. The van der Waals surface area contributed by atoms with E-state index >= 15 is 0 Å². The van der Waals surface area contributed by atoms with E-state index in [0.29, 0.717) is 18.3 Å². The fourth-order valence-electron chi connectivity index (χ4n) is 3.22. The lowest BCUT2D eigenvalue weighted by Gasteiger charge is -2.35. The number of carbonyl (C=O) groups excluding carboxylic acids is 1. The van der Waals surface area contributed by atoms with Gasteiger partial charge in [0, 0.05) is 13.1 Å². The number of carboxylic acid groups (broad SMARTS) is 1. The summed E-state index contributed by atoms with van der Waals surface area (Å²) in [4.78, 5) is 25.1. The van der Waals surface area contributed by atoms with Gasteiger partial charge in [0.15, 0.2) is 0 Å². The number of nitrogens with zero attached hydrogens (tertiary/aromatic N) is 1. The molecule has 1 saturated carbocycles. The van der Waals surface area contributed by atoms with Crippen molar-refractivity contribution in [2.24, 2.45) is 23.7 Å². The molecule has 1 saturated heterocycles. The maximum absolute atomic E-state index is 12.2. The van der Waals surface area contributed by atoms with Crippen molar-refractivity contribution in [2.45, 2.75) is 39.5 Å². The van der Waals surface area contributed by atoms with Crippen LogP contribution in [0.2, 0.25) is 0 Å². The van der Waals surface area contributed by atoms with E-state index in [2.05, 4.69) is 13.8 Å². The summed E-state index contributed by atoms with van der Waals surface area (Å²) in [7, 11) is 0. The van der Waals surface area contributed by atoms with Crippen molar-refractivity contribution in [1.29, 1.82) is 0 Å². The summed E-state index contributed by atoms with van der Waals surface area (Å²) in [6.07, 6.45) is 3.65. The van der Waals surface area contributed by atoms with Gasteiger partial charge in [0.05, 0.1) is 11.8 Å². The molecule has 1 N–H and O–H groups in total. The monoisotopic (exact) mass is 253 g/mol. The normalized spacial score (nSPS) is 31.5. The molecule has 18 heavy (non-hydrogen) atoms. The third-order valence-corrected chi connectivity index (χ3v) is 4.31. The van der Waals surface area contributed by atoms with Gasteiger partial charge >= 0.3 is 5.97 Å². The third-order valence-electron chi connectivity index (χ3n) is 4.31. The minimum Gasteiger partial charge on any atom is -0.481 e. The Morgan fingerprint density at radius 2 is 1.89 bits per heavy atom. The lowest BCUT2D eigenvalue weighted by atomic mass is 9.73. The number of likely N-dealkylation sites (tertiary alicyclic amines) is 1. The van der Waals surface area contributed by atoms with E-state index in [1.807, 2.05) is 4.90 Å². The molecule has 1 aliphatic heterocycles. The maximum atomic E-state index is 12.2. The first kappa shape index (κ1) is 13.4. The van der Waals surface area contributed by atoms with Gasteiger partial charge in [0.1, 0.15) is 0 Å². The van der Waals surface area contributed by atoms with Crippen LogP contribution < -0.4 is 0 Å². The molecule has 3 unspecified atom stereocenters. The van der Waals surface area contributed by atoms with Crippen LogP contribution in [0.3, 0.4) is 0 Å². The molecule has 1 heterocycles. The Morgan fingerprint density at radius 1 is 1.22 bits per heavy atom. The van der Waals surface area contributed by atoms with Gasteiger partial charge in [-0.1, -0.05) is 13.8 Å².